The van der Waals surface area contributed by atoms with Gasteiger partial charge in [-0.3, -0.25) is 4.79 Å². The number of carbonyl (C=O) groups is 1. The Kier molecular flexibility index (Phi) is 5.02. The number of aryl methyl sites for hydroxylation is 1. The van der Waals surface area contributed by atoms with Gasteiger partial charge >= 0.3 is 5.97 Å². The molecule has 0 radical (unpaired) electrons. The second-order valence-electron chi connectivity index (χ2n) is 4.13. The lowest BCUT2D eigenvalue weighted by atomic mass is 10.2. The summed E-state index contributed by atoms with van der Waals surface area (Å²) in [4.78, 5) is 17.0. The Morgan fingerprint density at radius 2 is 2.15 bits per heavy atom. The summed E-state index contributed by atoms with van der Waals surface area (Å²) in [6.45, 7) is 4.09. The monoisotopic (exact) mass is 329 g/mol. The van der Waals surface area contributed by atoms with Crippen molar-refractivity contribution in [2.45, 2.75) is 20.3 Å². The maximum atomic E-state index is 11.5. The first-order valence-electron chi connectivity index (χ1n) is 6.08. The summed E-state index contributed by atoms with van der Waals surface area (Å²) < 4.78 is 4.94. The summed E-state index contributed by atoms with van der Waals surface area (Å²) >= 11 is 13.6. The fraction of sp³-hybridized carbons (Fsp3) is 0.286. The smallest absolute Gasteiger partial charge is 0.311 e. The number of carbonyl (C=O) groups excluding carboxylic acids is 1. The Bertz CT molecular complexity index is 640. The molecule has 20 heavy (non-hydrogen) atoms. The molecule has 0 fully saturated rings. The zero-order valence-electron chi connectivity index (χ0n) is 11.1. The molecule has 0 N–H and O–H groups in total. The number of ether oxygens (including phenoxy) is 1. The van der Waals surface area contributed by atoms with Gasteiger partial charge in [-0.05, 0) is 32.0 Å². The second-order valence-corrected chi connectivity index (χ2v) is 6.17. The minimum absolute atomic E-state index is 0.182. The number of nitrogens with zero attached hydrogens (tertiary/aromatic N) is 1. The second kappa shape index (κ2) is 6.57. The summed E-state index contributed by atoms with van der Waals surface area (Å²) in [7, 11) is 0. The maximum Gasteiger partial charge on any atom is 0.311 e. The molecule has 0 spiro atoms. The van der Waals surface area contributed by atoms with Crippen LogP contribution in [0.25, 0.3) is 10.6 Å². The number of hydrogen-bond acceptors (Lipinski definition) is 4. The topological polar surface area (TPSA) is 39.2 Å². The minimum Gasteiger partial charge on any atom is -0.466 e. The SMILES string of the molecule is CCOC(=O)Cc1nc(-c2ccc(Cl)cc2Cl)sc1C. The fourth-order valence-electron chi connectivity index (χ4n) is 1.72. The van der Waals surface area contributed by atoms with Crippen LogP contribution in [0.2, 0.25) is 10.0 Å². The van der Waals surface area contributed by atoms with E-state index in [4.69, 9.17) is 27.9 Å². The summed E-state index contributed by atoms with van der Waals surface area (Å²) in [6, 6.07) is 5.28. The normalized spacial score (nSPS) is 10.6. The van der Waals surface area contributed by atoms with Gasteiger partial charge in [-0.2, -0.15) is 0 Å². The molecule has 2 rings (SSSR count). The number of benzene rings is 1. The molecule has 1 heterocycles. The lowest BCUT2D eigenvalue weighted by Gasteiger charge is -2.01. The number of hydrogen-bond donors (Lipinski definition) is 0. The van der Waals surface area contributed by atoms with E-state index in [1.54, 1.807) is 19.1 Å². The first-order chi connectivity index (χ1) is 9.51. The molecule has 0 atom stereocenters. The zero-order chi connectivity index (χ0) is 14.7. The predicted octanol–water partition coefficient (Wildman–Crippen LogP) is 4.53. The van der Waals surface area contributed by atoms with Crippen LogP contribution in [0, 0.1) is 6.92 Å². The zero-order valence-corrected chi connectivity index (χ0v) is 13.4. The lowest BCUT2D eigenvalue weighted by molar-refractivity contribution is -0.142. The number of rotatable bonds is 4. The maximum absolute atomic E-state index is 11.5. The highest BCUT2D eigenvalue weighted by Gasteiger charge is 2.15. The van der Waals surface area contributed by atoms with E-state index < -0.39 is 0 Å². The van der Waals surface area contributed by atoms with Crippen molar-refractivity contribution in [1.82, 2.24) is 4.98 Å². The van der Waals surface area contributed by atoms with Crippen molar-refractivity contribution < 1.29 is 9.53 Å². The van der Waals surface area contributed by atoms with Gasteiger partial charge < -0.3 is 4.74 Å². The highest BCUT2D eigenvalue weighted by Crippen LogP contribution is 2.34. The molecular weight excluding hydrogens is 317 g/mol. The van der Waals surface area contributed by atoms with Crippen LogP contribution in [0.3, 0.4) is 0 Å². The summed E-state index contributed by atoms with van der Waals surface area (Å²) in [6.07, 6.45) is 0.182. The average molecular weight is 330 g/mol. The molecule has 0 saturated carbocycles. The third-order valence-corrected chi connectivity index (χ3v) is 4.27. The summed E-state index contributed by atoms with van der Waals surface area (Å²) in [5.41, 5.74) is 1.55. The van der Waals surface area contributed by atoms with Crippen LogP contribution in [0.4, 0.5) is 0 Å². The van der Waals surface area contributed by atoms with Crippen LogP contribution in [-0.4, -0.2) is 17.6 Å². The van der Waals surface area contributed by atoms with Gasteiger partial charge in [-0.15, -0.1) is 11.3 Å². The number of halogens is 2. The molecule has 0 aliphatic heterocycles. The molecule has 1 aromatic carbocycles. The standard InChI is InChI=1S/C14H13Cl2NO2S/c1-3-19-13(18)7-12-8(2)20-14(17-12)10-5-4-9(15)6-11(10)16/h4-6H,3,7H2,1-2H3. The van der Waals surface area contributed by atoms with E-state index >= 15 is 0 Å². The number of aromatic nitrogens is 1. The van der Waals surface area contributed by atoms with Crippen LogP contribution in [-0.2, 0) is 16.0 Å². The van der Waals surface area contributed by atoms with Crippen molar-refractivity contribution in [2.24, 2.45) is 0 Å². The van der Waals surface area contributed by atoms with Gasteiger partial charge in [0.1, 0.15) is 5.01 Å². The molecule has 1 aromatic heterocycles. The van der Waals surface area contributed by atoms with Crippen LogP contribution in [0.5, 0.6) is 0 Å². The van der Waals surface area contributed by atoms with Crippen LogP contribution < -0.4 is 0 Å². The molecule has 0 saturated heterocycles. The molecule has 0 bridgehead atoms. The quantitative estimate of drug-likeness (QED) is 0.773. The van der Waals surface area contributed by atoms with Crippen molar-refractivity contribution in [1.29, 1.82) is 0 Å². The minimum atomic E-state index is -0.269. The first kappa shape index (κ1) is 15.3. The highest BCUT2D eigenvalue weighted by atomic mass is 35.5. The Morgan fingerprint density at radius 3 is 2.80 bits per heavy atom. The van der Waals surface area contributed by atoms with E-state index in [2.05, 4.69) is 4.98 Å². The van der Waals surface area contributed by atoms with Crippen molar-refractivity contribution >= 4 is 40.5 Å². The van der Waals surface area contributed by atoms with Gasteiger partial charge in [0, 0.05) is 15.5 Å². The van der Waals surface area contributed by atoms with Gasteiger partial charge in [0.05, 0.1) is 23.7 Å². The largest absolute Gasteiger partial charge is 0.466 e. The lowest BCUT2D eigenvalue weighted by Crippen LogP contribution is -2.08. The van der Waals surface area contributed by atoms with Crippen LogP contribution in [0.15, 0.2) is 18.2 Å². The van der Waals surface area contributed by atoms with Gasteiger partial charge in [0.25, 0.3) is 0 Å². The third-order valence-electron chi connectivity index (χ3n) is 2.67. The molecular formula is C14H13Cl2NO2S. The molecule has 0 amide bonds. The molecule has 0 aliphatic rings. The van der Waals surface area contributed by atoms with Crippen LogP contribution in [0.1, 0.15) is 17.5 Å². The van der Waals surface area contributed by atoms with Gasteiger partial charge in [-0.1, -0.05) is 23.2 Å². The first-order valence-corrected chi connectivity index (χ1v) is 7.66. The van der Waals surface area contributed by atoms with Crippen molar-refractivity contribution in [3.8, 4) is 10.6 Å². The van der Waals surface area contributed by atoms with Gasteiger partial charge in [0.15, 0.2) is 0 Å². The molecule has 2 aromatic rings. The van der Waals surface area contributed by atoms with E-state index in [-0.39, 0.29) is 12.4 Å². The summed E-state index contributed by atoms with van der Waals surface area (Å²) in [5, 5.41) is 1.91. The van der Waals surface area contributed by atoms with Crippen molar-refractivity contribution in [3.05, 3.63) is 38.8 Å². The molecule has 0 unspecified atom stereocenters. The molecule has 106 valence electrons. The molecule has 6 heteroatoms. The van der Waals surface area contributed by atoms with E-state index in [1.807, 2.05) is 13.0 Å². The Morgan fingerprint density at radius 1 is 1.40 bits per heavy atom. The van der Waals surface area contributed by atoms with E-state index in [9.17, 15) is 4.79 Å². The fourth-order valence-corrected chi connectivity index (χ4v) is 3.24. The molecule has 0 aliphatic carbocycles. The van der Waals surface area contributed by atoms with Gasteiger partial charge in [0.2, 0.25) is 0 Å². The van der Waals surface area contributed by atoms with Crippen molar-refractivity contribution in [3.63, 3.8) is 0 Å². The molecule has 3 nitrogen and oxygen atoms in total. The van der Waals surface area contributed by atoms with Crippen LogP contribution >= 0.6 is 34.5 Å². The van der Waals surface area contributed by atoms with Gasteiger partial charge in [-0.25, -0.2) is 4.98 Å². The Hall–Kier alpha value is -1.10. The highest BCUT2D eigenvalue weighted by molar-refractivity contribution is 7.15. The van der Waals surface area contributed by atoms with Crippen molar-refractivity contribution in [2.75, 3.05) is 6.61 Å². The Labute approximate surface area is 131 Å². The number of thiazole rings is 1. The average Bonchev–Trinajstić information content (AvgIpc) is 2.70. The Balaban J connectivity index is 2.28. The van der Waals surface area contributed by atoms with E-state index in [1.165, 1.54) is 11.3 Å². The van der Waals surface area contributed by atoms with E-state index in [0.717, 1.165) is 21.1 Å². The number of esters is 1. The van der Waals surface area contributed by atoms with E-state index in [0.29, 0.717) is 16.7 Å². The summed E-state index contributed by atoms with van der Waals surface area (Å²) in [5.74, 6) is -0.269. The third kappa shape index (κ3) is 3.51. The predicted molar refractivity (Wildman–Crippen MR) is 82.6 cm³/mol.